The Labute approximate surface area is 174 Å². The fraction of sp³-hybridized carbons (Fsp3) is 0.571. The highest BCUT2D eigenvalue weighted by atomic mass is 19.4. The minimum Gasteiger partial charge on any atom is -0.333 e. The number of nitrogens with one attached hydrogen (secondary N) is 3. The number of rotatable bonds is 3. The topological polar surface area (TPSA) is 78.9 Å². The van der Waals surface area contributed by atoms with Crippen LogP contribution in [-0.4, -0.2) is 22.0 Å². The molecule has 0 spiro atoms. The first-order valence-electron chi connectivity index (χ1n) is 9.96. The molecule has 1 saturated carbocycles. The van der Waals surface area contributed by atoms with E-state index in [1.807, 2.05) is 0 Å². The van der Waals surface area contributed by atoms with Crippen molar-refractivity contribution in [3.63, 3.8) is 0 Å². The van der Waals surface area contributed by atoms with Gasteiger partial charge in [-0.3, -0.25) is 10.9 Å². The molecule has 9 heteroatoms. The third kappa shape index (κ3) is 4.60. The number of hydrazine groups is 1. The number of hydrogen-bond acceptors (Lipinski definition) is 4. The first-order valence-corrected chi connectivity index (χ1v) is 9.96. The zero-order valence-electron chi connectivity index (χ0n) is 17.8. The molecule has 1 fully saturated rings. The van der Waals surface area contributed by atoms with Crippen molar-refractivity contribution >= 4 is 22.8 Å². The summed E-state index contributed by atoms with van der Waals surface area (Å²) < 4.78 is 39.5. The molecule has 0 saturated heterocycles. The normalized spacial score (nSPS) is 23.1. The Bertz CT molecular complexity index is 924. The molecule has 164 valence electrons. The van der Waals surface area contributed by atoms with Gasteiger partial charge in [-0.15, -0.1) is 0 Å². The van der Waals surface area contributed by atoms with Gasteiger partial charge >= 0.3 is 12.2 Å². The molecule has 2 amide bonds. The van der Waals surface area contributed by atoms with Crippen LogP contribution < -0.4 is 16.2 Å². The number of halogens is 3. The second-order valence-corrected chi connectivity index (χ2v) is 9.56. The van der Waals surface area contributed by atoms with E-state index in [4.69, 9.17) is 0 Å². The maximum Gasteiger partial charge on any atom is 0.451 e. The van der Waals surface area contributed by atoms with Crippen molar-refractivity contribution in [2.24, 2.45) is 16.7 Å². The summed E-state index contributed by atoms with van der Waals surface area (Å²) in [4.78, 5) is 19.7. The van der Waals surface area contributed by atoms with E-state index in [-0.39, 0.29) is 28.2 Å². The summed E-state index contributed by atoms with van der Waals surface area (Å²) in [6.07, 6.45) is -2.75. The third-order valence-electron chi connectivity index (χ3n) is 5.74. The number of nitrogens with zero attached hydrogens (tertiary/aromatic N) is 2. The van der Waals surface area contributed by atoms with Gasteiger partial charge in [0.25, 0.3) is 0 Å². The quantitative estimate of drug-likeness (QED) is 0.599. The first-order chi connectivity index (χ1) is 13.8. The fourth-order valence-corrected chi connectivity index (χ4v) is 5.13. The van der Waals surface area contributed by atoms with Gasteiger partial charge in [0.15, 0.2) is 5.82 Å². The van der Waals surface area contributed by atoms with Crippen LogP contribution in [0.2, 0.25) is 0 Å². The van der Waals surface area contributed by atoms with E-state index in [2.05, 4.69) is 60.8 Å². The fourth-order valence-electron chi connectivity index (χ4n) is 5.13. The number of amides is 2. The first kappa shape index (κ1) is 22.1. The maximum absolute atomic E-state index is 13.2. The molecule has 6 nitrogen and oxygen atoms in total. The van der Waals surface area contributed by atoms with Gasteiger partial charge in [0.1, 0.15) is 0 Å². The number of alkyl halides is 3. The summed E-state index contributed by atoms with van der Waals surface area (Å²) in [5.74, 6) is -0.837. The number of carbonyl (C=O) groups is 1. The van der Waals surface area contributed by atoms with Crippen molar-refractivity contribution in [3.8, 4) is 0 Å². The summed E-state index contributed by atoms with van der Waals surface area (Å²) in [5.41, 5.74) is 4.88. The van der Waals surface area contributed by atoms with E-state index in [0.717, 1.165) is 12.8 Å². The molecule has 3 rings (SSSR count). The molecule has 2 aromatic rings. The molecule has 0 atom stereocenters. The predicted molar refractivity (Wildman–Crippen MR) is 110 cm³/mol. The van der Waals surface area contributed by atoms with Crippen molar-refractivity contribution in [1.29, 1.82) is 0 Å². The van der Waals surface area contributed by atoms with Crippen molar-refractivity contribution in [1.82, 2.24) is 20.7 Å². The number of benzene rings is 1. The molecule has 0 unspecified atom stereocenters. The van der Waals surface area contributed by atoms with Gasteiger partial charge in [-0.2, -0.15) is 13.2 Å². The lowest BCUT2D eigenvalue weighted by Gasteiger charge is -2.51. The zero-order chi connectivity index (χ0) is 22.3. The lowest BCUT2D eigenvalue weighted by atomic mass is 9.58. The van der Waals surface area contributed by atoms with E-state index < -0.39 is 18.0 Å². The minimum absolute atomic E-state index is 0.101. The summed E-state index contributed by atoms with van der Waals surface area (Å²) >= 11 is 0. The average molecular weight is 423 g/mol. The average Bonchev–Trinajstić information content (AvgIpc) is 2.60. The lowest BCUT2D eigenvalue weighted by Crippen LogP contribution is -2.59. The van der Waals surface area contributed by atoms with Crippen LogP contribution in [-0.2, 0) is 6.18 Å². The van der Waals surface area contributed by atoms with E-state index in [1.54, 1.807) is 18.2 Å². The van der Waals surface area contributed by atoms with Crippen LogP contribution in [0.1, 0.15) is 53.3 Å². The maximum atomic E-state index is 13.2. The molecule has 1 aliphatic rings. The smallest absolute Gasteiger partial charge is 0.333 e. The van der Waals surface area contributed by atoms with Gasteiger partial charge in [0.2, 0.25) is 5.82 Å². The summed E-state index contributed by atoms with van der Waals surface area (Å²) in [6, 6.07) is 5.69. The number of carbonyl (C=O) groups excluding carboxylic acids is 1. The Morgan fingerprint density at radius 2 is 1.67 bits per heavy atom. The van der Waals surface area contributed by atoms with Gasteiger partial charge in [-0.1, -0.05) is 46.8 Å². The minimum atomic E-state index is -4.70. The monoisotopic (exact) mass is 423 g/mol. The second-order valence-electron chi connectivity index (χ2n) is 9.56. The Hall–Kier alpha value is -2.58. The van der Waals surface area contributed by atoms with Crippen LogP contribution in [0.3, 0.4) is 0 Å². The van der Waals surface area contributed by atoms with Gasteiger partial charge in [0, 0.05) is 11.4 Å². The number of fused-ring (bicyclic) bond motifs is 1. The largest absolute Gasteiger partial charge is 0.451 e. The third-order valence-corrected chi connectivity index (χ3v) is 5.74. The predicted octanol–water partition coefficient (Wildman–Crippen LogP) is 5.13. The van der Waals surface area contributed by atoms with Crippen molar-refractivity contribution in [3.05, 3.63) is 30.1 Å². The zero-order valence-corrected chi connectivity index (χ0v) is 17.8. The Kier molecular flexibility index (Phi) is 5.60. The second kappa shape index (κ2) is 7.59. The highest BCUT2D eigenvalue weighted by molar-refractivity contribution is 5.90. The highest BCUT2D eigenvalue weighted by Crippen LogP contribution is 2.48. The molecular weight excluding hydrogens is 395 g/mol. The molecule has 3 N–H and O–H groups in total. The van der Waals surface area contributed by atoms with Gasteiger partial charge in [-0.05, 0) is 41.7 Å². The van der Waals surface area contributed by atoms with Crippen molar-refractivity contribution < 1.29 is 18.0 Å². The molecular formula is C21H28F3N5O. The van der Waals surface area contributed by atoms with E-state index >= 15 is 0 Å². The highest BCUT2D eigenvalue weighted by Gasteiger charge is 2.47. The Morgan fingerprint density at radius 3 is 2.27 bits per heavy atom. The molecule has 0 bridgehead atoms. The van der Waals surface area contributed by atoms with Crippen LogP contribution >= 0.6 is 0 Å². The Balaban J connectivity index is 1.78. The van der Waals surface area contributed by atoms with Crippen molar-refractivity contribution in [2.45, 2.75) is 59.7 Å². The SMILES string of the molecule is CC1CC(C)(C)C(NC(=O)NNc2nc(C(F)(F)F)nc3ccccc23)C(C)(C)C1. The summed E-state index contributed by atoms with van der Waals surface area (Å²) in [7, 11) is 0. The van der Waals surface area contributed by atoms with Crippen LogP contribution in [0, 0.1) is 16.7 Å². The summed E-state index contributed by atoms with van der Waals surface area (Å²) in [6.45, 7) is 10.7. The number of urea groups is 1. The molecule has 1 aromatic heterocycles. The lowest BCUT2D eigenvalue weighted by molar-refractivity contribution is -0.144. The number of anilines is 1. The number of para-hydroxylation sites is 1. The molecule has 1 aliphatic carbocycles. The van der Waals surface area contributed by atoms with Crippen LogP contribution in [0.4, 0.5) is 23.8 Å². The van der Waals surface area contributed by atoms with Crippen LogP contribution in [0.15, 0.2) is 24.3 Å². The standard InChI is InChI=1S/C21H28F3N5O/c1-12-10-19(2,3)16(20(4,5)11-12)27-18(30)29-28-15-13-8-6-7-9-14(13)25-17(26-15)21(22,23)24/h6-9,12,16H,10-11H2,1-5H3,(H,25,26,28)(H2,27,29,30). The van der Waals surface area contributed by atoms with E-state index in [9.17, 15) is 18.0 Å². The van der Waals surface area contributed by atoms with Gasteiger partial charge in [-0.25, -0.2) is 14.8 Å². The summed E-state index contributed by atoms with van der Waals surface area (Å²) in [5, 5.41) is 3.38. The van der Waals surface area contributed by atoms with Gasteiger partial charge < -0.3 is 5.32 Å². The van der Waals surface area contributed by atoms with Gasteiger partial charge in [0.05, 0.1) is 5.52 Å². The van der Waals surface area contributed by atoms with E-state index in [0.29, 0.717) is 11.3 Å². The molecule has 0 aliphatic heterocycles. The number of aromatic nitrogens is 2. The molecule has 30 heavy (non-hydrogen) atoms. The van der Waals surface area contributed by atoms with Crippen LogP contribution in [0.5, 0.6) is 0 Å². The number of hydrogen-bond donors (Lipinski definition) is 3. The van der Waals surface area contributed by atoms with Crippen molar-refractivity contribution in [2.75, 3.05) is 5.43 Å². The van der Waals surface area contributed by atoms with E-state index in [1.165, 1.54) is 6.07 Å². The Morgan fingerprint density at radius 1 is 1.07 bits per heavy atom. The van der Waals surface area contributed by atoms with Crippen LogP contribution in [0.25, 0.3) is 10.9 Å². The molecule has 1 aromatic carbocycles. The molecule has 1 heterocycles. The molecule has 0 radical (unpaired) electrons.